The standard InChI is InChI=1S/C12H23NO4/c1-9(2)5-4-6-10(3)7-12(15)11(8-14)13(16)17/h5,10-12,14-15H,4,6-8H2,1-3H3. The van der Waals surface area contributed by atoms with Gasteiger partial charge in [-0.3, -0.25) is 10.1 Å². The Hall–Kier alpha value is -0.940. The highest BCUT2D eigenvalue weighted by molar-refractivity contribution is 4.92. The van der Waals surface area contributed by atoms with Gasteiger partial charge in [0.25, 0.3) is 6.04 Å². The third-order valence-electron chi connectivity index (χ3n) is 2.76. The lowest BCUT2D eigenvalue weighted by molar-refractivity contribution is -0.538. The number of rotatable bonds is 8. The predicted octanol–water partition coefficient (Wildman–Crippen LogP) is 1.76. The van der Waals surface area contributed by atoms with Crippen LogP contribution in [0.25, 0.3) is 0 Å². The van der Waals surface area contributed by atoms with Crippen LogP contribution in [-0.4, -0.2) is 33.9 Å². The second kappa shape index (κ2) is 8.20. The van der Waals surface area contributed by atoms with Crippen LogP contribution in [0.15, 0.2) is 11.6 Å². The Labute approximate surface area is 102 Å². The first-order valence-electron chi connectivity index (χ1n) is 5.94. The summed E-state index contributed by atoms with van der Waals surface area (Å²) in [4.78, 5) is 9.92. The highest BCUT2D eigenvalue weighted by Gasteiger charge is 2.29. The van der Waals surface area contributed by atoms with E-state index in [1.807, 2.05) is 20.8 Å². The monoisotopic (exact) mass is 245 g/mol. The largest absolute Gasteiger partial charge is 0.389 e. The molecule has 0 aliphatic heterocycles. The average Bonchev–Trinajstić information content (AvgIpc) is 2.16. The van der Waals surface area contributed by atoms with Gasteiger partial charge in [-0.2, -0.15) is 0 Å². The molecule has 0 aromatic rings. The zero-order chi connectivity index (χ0) is 13.4. The molecule has 0 spiro atoms. The zero-order valence-corrected chi connectivity index (χ0v) is 10.8. The molecule has 0 aliphatic rings. The molecule has 3 unspecified atom stereocenters. The summed E-state index contributed by atoms with van der Waals surface area (Å²) in [6, 6.07) is -1.26. The number of hydrogen-bond acceptors (Lipinski definition) is 4. The Morgan fingerprint density at radius 3 is 2.47 bits per heavy atom. The van der Waals surface area contributed by atoms with Gasteiger partial charge >= 0.3 is 0 Å². The molecule has 5 heteroatoms. The van der Waals surface area contributed by atoms with E-state index in [-0.39, 0.29) is 5.92 Å². The number of nitro groups is 1. The van der Waals surface area contributed by atoms with E-state index < -0.39 is 23.7 Å². The molecule has 3 atom stereocenters. The van der Waals surface area contributed by atoms with Crippen molar-refractivity contribution in [3.8, 4) is 0 Å². The highest BCUT2D eigenvalue weighted by Crippen LogP contribution is 2.16. The third kappa shape index (κ3) is 7.07. The molecule has 0 bridgehead atoms. The molecule has 0 radical (unpaired) electrons. The van der Waals surface area contributed by atoms with Crippen LogP contribution in [-0.2, 0) is 0 Å². The summed E-state index contributed by atoms with van der Waals surface area (Å²) in [7, 11) is 0. The van der Waals surface area contributed by atoms with E-state index in [1.54, 1.807) is 0 Å². The van der Waals surface area contributed by atoms with Crippen LogP contribution in [0, 0.1) is 16.0 Å². The minimum atomic E-state index is -1.26. The fraction of sp³-hybridized carbons (Fsp3) is 0.833. The first-order chi connectivity index (χ1) is 7.88. The number of hydrogen-bond donors (Lipinski definition) is 2. The SMILES string of the molecule is CC(C)=CCCC(C)CC(O)C(CO)[N+](=O)[O-]. The smallest absolute Gasteiger partial charge is 0.261 e. The van der Waals surface area contributed by atoms with Crippen LogP contribution < -0.4 is 0 Å². The van der Waals surface area contributed by atoms with Gasteiger partial charge in [-0.25, -0.2) is 0 Å². The van der Waals surface area contributed by atoms with E-state index in [9.17, 15) is 15.2 Å². The summed E-state index contributed by atoms with van der Waals surface area (Å²) in [6.07, 6.45) is 3.19. The van der Waals surface area contributed by atoms with Crippen LogP contribution in [0.1, 0.15) is 40.0 Å². The van der Waals surface area contributed by atoms with Gasteiger partial charge in [-0.05, 0) is 39.0 Å². The molecule has 0 aromatic heterocycles. The van der Waals surface area contributed by atoms with Crippen LogP contribution in [0.4, 0.5) is 0 Å². The van der Waals surface area contributed by atoms with Crippen molar-refractivity contribution in [2.45, 2.75) is 52.2 Å². The summed E-state index contributed by atoms with van der Waals surface area (Å²) in [5.74, 6) is 0.203. The van der Waals surface area contributed by atoms with Crippen molar-refractivity contribution in [3.63, 3.8) is 0 Å². The van der Waals surface area contributed by atoms with E-state index >= 15 is 0 Å². The van der Waals surface area contributed by atoms with Gasteiger partial charge in [0.05, 0.1) is 0 Å². The van der Waals surface area contributed by atoms with Gasteiger partial charge < -0.3 is 10.2 Å². The molecule has 0 saturated carbocycles. The van der Waals surface area contributed by atoms with Gasteiger partial charge in [0, 0.05) is 4.92 Å². The van der Waals surface area contributed by atoms with Crippen molar-refractivity contribution in [2.24, 2.45) is 5.92 Å². The van der Waals surface area contributed by atoms with Crippen molar-refractivity contribution < 1.29 is 15.1 Å². The molecule has 5 nitrogen and oxygen atoms in total. The molecule has 0 aromatic carbocycles. The number of allylic oxidation sites excluding steroid dienone is 2. The topological polar surface area (TPSA) is 83.6 Å². The quantitative estimate of drug-likeness (QED) is 0.388. The lowest BCUT2D eigenvalue weighted by Gasteiger charge is -2.17. The molecular weight excluding hydrogens is 222 g/mol. The molecule has 0 amide bonds. The van der Waals surface area contributed by atoms with Crippen LogP contribution >= 0.6 is 0 Å². The Bertz CT molecular complexity index is 261. The van der Waals surface area contributed by atoms with Crippen molar-refractivity contribution in [3.05, 3.63) is 21.8 Å². The average molecular weight is 245 g/mol. The molecule has 0 rings (SSSR count). The third-order valence-corrected chi connectivity index (χ3v) is 2.76. The summed E-state index contributed by atoms with van der Waals surface area (Å²) in [5.41, 5.74) is 1.25. The van der Waals surface area contributed by atoms with Crippen molar-refractivity contribution in [1.82, 2.24) is 0 Å². The lowest BCUT2D eigenvalue weighted by Crippen LogP contribution is -2.37. The highest BCUT2D eigenvalue weighted by atomic mass is 16.6. The van der Waals surface area contributed by atoms with Crippen LogP contribution in [0.3, 0.4) is 0 Å². The first-order valence-corrected chi connectivity index (χ1v) is 5.94. The summed E-state index contributed by atoms with van der Waals surface area (Å²) in [6.45, 7) is 5.38. The van der Waals surface area contributed by atoms with E-state index in [2.05, 4.69) is 6.08 Å². The van der Waals surface area contributed by atoms with E-state index in [4.69, 9.17) is 5.11 Å². The Balaban J connectivity index is 4.05. The molecule has 0 heterocycles. The second-order valence-electron chi connectivity index (χ2n) is 4.80. The fourth-order valence-corrected chi connectivity index (χ4v) is 1.67. The van der Waals surface area contributed by atoms with E-state index in [0.29, 0.717) is 6.42 Å². The first kappa shape index (κ1) is 16.1. The Morgan fingerprint density at radius 2 is 2.06 bits per heavy atom. The summed E-state index contributed by atoms with van der Waals surface area (Å²) < 4.78 is 0. The molecule has 17 heavy (non-hydrogen) atoms. The predicted molar refractivity (Wildman–Crippen MR) is 66.3 cm³/mol. The van der Waals surface area contributed by atoms with Gasteiger partial charge in [0.2, 0.25) is 0 Å². The van der Waals surface area contributed by atoms with Crippen LogP contribution in [0.5, 0.6) is 0 Å². The Morgan fingerprint density at radius 1 is 1.47 bits per heavy atom. The fourth-order valence-electron chi connectivity index (χ4n) is 1.67. The van der Waals surface area contributed by atoms with E-state index in [1.165, 1.54) is 5.57 Å². The summed E-state index contributed by atoms with van der Waals surface area (Å²) >= 11 is 0. The molecule has 0 fully saturated rings. The Kier molecular flexibility index (Phi) is 7.74. The maximum atomic E-state index is 10.5. The number of aliphatic hydroxyl groups excluding tert-OH is 2. The molecular formula is C12H23NO4. The number of aliphatic hydroxyl groups is 2. The molecule has 100 valence electrons. The van der Waals surface area contributed by atoms with Gasteiger partial charge in [0.1, 0.15) is 12.7 Å². The minimum Gasteiger partial charge on any atom is -0.389 e. The van der Waals surface area contributed by atoms with Crippen molar-refractivity contribution >= 4 is 0 Å². The van der Waals surface area contributed by atoms with E-state index in [0.717, 1.165) is 12.8 Å². The van der Waals surface area contributed by atoms with Crippen molar-refractivity contribution in [2.75, 3.05) is 6.61 Å². The lowest BCUT2D eigenvalue weighted by atomic mass is 9.95. The molecule has 2 N–H and O–H groups in total. The molecule has 0 saturated heterocycles. The van der Waals surface area contributed by atoms with Gasteiger partial charge in [-0.1, -0.05) is 18.6 Å². The minimum absolute atomic E-state index is 0.203. The zero-order valence-electron chi connectivity index (χ0n) is 10.8. The maximum absolute atomic E-state index is 10.5. The second-order valence-corrected chi connectivity index (χ2v) is 4.80. The summed E-state index contributed by atoms with van der Waals surface area (Å²) in [5, 5.41) is 29.0. The number of nitrogens with zero attached hydrogens (tertiary/aromatic N) is 1. The molecule has 0 aliphatic carbocycles. The normalized spacial score (nSPS) is 16.1. The van der Waals surface area contributed by atoms with Gasteiger partial charge in [-0.15, -0.1) is 0 Å². The van der Waals surface area contributed by atoms with Crippen molar-refractivity contribution in [1.29, 1.82) is 0 Å². The maximum Gasteiger partial charge on any atom is 0.261 e. The van der Waals surface area contributed by atoms with Crippen LogP contribution in [0.2, 0.25) is 0 Å². The van der Waals surface area contributed by atoms with Gasteiger partial charge in [0.15, 0.2) is 0 Å².